The van der Waals surface area contributed by atoms with E-state index in [4.69, 9.17) is 11.6 Å². The molecule has 0 saturated heterocycles. The molecule has 2 heterocycles. The zero-order valence-electron chi connectivity index (χ0n) is 10.5. The fourth-order valence-electron chi connectivity index (χ4n) is 1.43. The van der Waals surface area contributed by atoms with Gasteiger partial charge in [0.25, 0.3) is 10.0 Å². The van der Waals surface area contributed by atoms with Gasteiger partial charge in [0.05, 0.1) is 23.1 Å². The first kappa shape index (κ1) is 14.5. The third-order valence-electron chi connectivity index (χ3n) is 2.28. The van der Waals surface area contributed by atoms with Crippen LogP contribution in [-0.4, -0.2) is 29.9 Å². The number of halogens is 1. The second-order valence-corrected chi connectivity index (χ2v) is 5.85. The SMILES string of the molecule is CCNc1ncc(S(=O)(=O)Nc2cncnc2)cc1Cl. The van der Waals surface area contributed by atoms with Crippen LogP contribution in [0.15, 0.2) is 35.9 Å². The van der Waals surface area contributed by atoms with E-state index in [1.54, 1.807) is 0 Å². The Kier molecular flexibility index (Phi) is 4.35. The Morgan fingerprint density at radius 2 is 1.95 bits per heavy atom. The summed E-state index contributed by atoms with van der Waals surface area (Å²) in [6, 6.07) is 1.33. The highest BCUT2D eigenvalue weighted by molar-refractivity contribution is 7.92. The van der Waals surface area contributed by atoms with E-state index < -0.39 is 10.0 Å². The molecule has 7 nitrogen and oxygen atoms in total. The van der Waals surface area contributed by atoms with E-state index in [0.717, 1.165) is 0 Å². The summed E-state index contributed by atoms with van der Waals surface area (Å²) in [6.45, 7) is 2.53. The van der Waals surface area contributed by atoms with Gasteiger partial charge < -0.3 is 5.32 Å². The number of anilines is 2. The van der Waals surface area contributed by atoms with Crippen LogP contribution >= 0.6 is 11.6 Å². The van der Waals surface area contributed by atoms with Gasteiger partial charge >= 0.3 is 0 Å². The second kappa shape index (κ2) is 6.02. The van der Waals surface area contributed by atoms with Crippen LogP contribution in [0.5, 0.6) is 0 Å². The van der Waals surface area contributed by atoms with Crippen LogP contribution in [0.2, 0.25) is 5.02 Å². The van der Waals surface area contributed by atoms with Gasteiger partial charge in [0.2, 0.25) is 0 Å². The number of pyridine rings is 1. The van der Waals surface area contributed by atoms with Crippen molar-refractivity contribution in [2.75, 3.05) is 16.6 Å². The van der Waals surface area contributed by atoms with Crippen LogP contribution in [0.25, 0.3) is 0 Å². The smallest absolute Gasteiger partial charge is 0.263 e. The van der Waals surface area contributed by atoms with E-state index in [9.17, 15) is 8.42 Å². The molecule has 2 aromatic heterocycles. The summed E-state index contributed by atoms with van der Waals surface area (Å²) in [6.07, 6.45) is 5.25. The van der Waals surface area contributed by atoms with Crippen molar-refractivity contribution in [2.24, 2.45) is 0 Å². The maximum absolute atomic E-state index is 12.1. The molecule has 0 bridgehead atoms. The molecule has 2 aromatic rings. The van der Waals surface area contributed by atoms with E-state index in [1.807, 2.05) is 6.92 Å². The summed E-state index contributed by atoms with van der Waals surface area (Å²) in [5, 5.41) is 3.16. The first-order valence-corrected chi connectivity index (χ1v) is 7.56. The first-order valence-electron chi connectivity index (χ1n) is 5.70. The maximum atomic E-state index is 12.1. The summed E-state index contributed by atoms with van der Waals surface area (Å²) in [7, 11) is -3.77. The van der Waals surface area contributed by atoms with Gasteiger partial charge in [-0.2, -0.15) is 0 Å². The van der Waals surface area contributed by atoms with Crippen LogP contribution in [0.3, 0.4) is 0 Å². The molecule has 0 atom stereocenters. The fourth-order valence-corrected chi connectivity index (χ4v) is 2.73. The number of nitrogens with zero attached hydrogens (tertiary/aromatic N) is 3. The highest BCUT2D eigenvalue weighted by Crippen LogP contribution is 2.23. The normalized spacial score (nSPS) is 11.1. The third-order valence-corrected chi connectivity index (χ3v) is 3.92. The predicted octanol–water partition coefficient (Wildman–Crippen LogP) is 1.76. The van der Waals surface area contributed by atoms with Crippen molar-refractivity contribution < 1.29 is 8.42 Å². The summed E-state index contributed by atoms with van der Waals surface area (Å²) in [4.78, 5) is 11.4. The van der Waals surface area contributed by atoms with Crippen LogP contribution in [0, 0.1) is 0 Å². The van der Waals surface area contributed by atoms with Crippen molar-refractivity contribution >= 4 is 33.1 Å². The Hall–Kier alpha value is -1.93. The topological polar surface area (TPSA) is 96.9 Å². The number of nitrogens with one attached hydrogen (secondary N) is 2. The van der Waals surface area contributed by atoms with Gasteiger partial charge in [0.1, 0.15) is 17.0 Å². The minimum Gasteiger partial charge on any atom is -0.369 e. The van der Waals surface area contributed by atoms with Crippen molar-refractivity contribution in [1.29, 1.82) is 0 Å². The van der Waals surface area contributed by atoms with Crippen molar-refractivity contribution in [2.45, 2.75) is 11.8 Å². The zero-order chi connectivity index (χ0) is 14.6. The lowest BCUT2D eigenvalue weighted by molar-refractivity contribution is 0.601. The van der Waals surface area contributed by atoms with Gasteiger partial charge in [-0.05, 0) is 13.0 Å². The average molecular weight is 314 g/mol. The van der Waals surface area contributed by atoms with E-state index in [0.29, 0.717) is 12.4 Å². The van der Waals surface area contributed by atoms with E-state index >= 15 is 0 Å². The maximum Gasteiger partial charge on any atom is 0.263 e. The Morgan fingerprint density at radius 1 is 1.25 bits per heavy atom. The molecule has 0 radical (unpaired) electrons. The Bertz CT molecular complexity index is 693. The van der Waals surface area contributed by atoms with Crippen molar-refractivity contribution in [3.63, 3.8) is 0 Å². The lowest BCUT2D eigenvalue weighted by Gasteiger charge is -2.09. The number of hydrogen-bond acceptors (Lipinski definition) is 6. The summed E-state index contributed by atoms with van der Waals surface area (Å²) in [5.74, 6) is 0.441. The first-order chi connectivity index (χ1) is 9.53. The Labute approximate surface area is 121 Å². The standard InChI is InChI=1S/C11H12ClN5O2S/c1-2-15-11-10(12)3-9(6-16-11)20(18,19)17-8-4-13-7-14-5-8/h3-7,17H,2H2,1H3,(H,15,16). The second-order valence-electron chi connectivity index (χ2n) is 3.76. The largest absolute Gasteiger partial charge is 0.369 e. The molecular weight excluding hydrogens is 302 g/mol. The lowest BCUT2D eigenvalue weighted by atomic mass is 10.4. The number of rotatable bonds is 5. The highest BCUT2D eigenvalue weighted by atomic mass is 35.5. The summed E-state index contributed by atoms with van der Waals surface area (Å²) < 4.78 is 26.6. The molecule has 0 unspecified atom stereocenters. The summed E-state index contributed by atoms with van der Waals surface area (Å²) in [5.41, 5.74) is 0.263. The van der Waals surface area contributed by atoms with E-state index in [1.165, 1.54) is 31.0 Å². The predicted molar refractivity (Wildman–Crippen MR) is 76.3 cm³/mol. The number of aromatic nitrogens is 3. The van der Waals surface area contributed by atoms with Crippen molar-refractivity contribution in [3.8, 4) is 0 Å². The van der Waals surface area contributed by atoms with Crippen molar-refractivity contribution in [1.82, 2.24) is 15.0 Å². The molecule has 106 valence electrons. The van der Waals surface area contributed by atoms with Crippen molar-refractivity contribution in [3.05, 3.63) is 36.0 Å². The third kappa shape index (κ3) is 3.34. The summed E-state index contributed by atoms with van der Waals surface area (Å²) >= 11 is 5.98. The zero-order valence-corrected chi connectivity index (χ0v) is 12.1. The van der Waals surface area contributed by atoms with E-state index in [-0.39, 0.29) is 15.6 Å². The molecule has 0 aromatic carbocycles. The molecule has 0 fully saturated rings. The average Bonchev–Trinajstić information content (AvgIpc) is 2.42. The van der Waals surface area contributed by atoms with Crippen LogP contribution < -0.4 is 10.0 Å². The van der Waals surface area contributed by atoms with Crippen LogP contribution in [0.1, 0.15) is 6.92 Å². The van der Waals surface area contributed by atoms with Gasteiger partial charge in [-0.25, -0.2) is 23.4 Å². The van der Waals surface area contributed by atoms with Gasteiger partial charge in [-0.3, -0.25) is 4.72 Å². The molecule has 0 amide bonds. The molecule has 0 aliphatic heterocycles. The minimum absolute atomic E-state index is 0.0343. The quantitative estimate of drug-likeness (QED) is 0.873. The van der Waals surface area contributed by atoms with Gasteiger partial charge in [-0.15, -0.1) is 0 Å². The molecular formula is C11H12ClN5O2S. The molecule has 0 saturated carbocycles. The van der Waals surface area contributed by atoms with Crippen LogP contribution in [-0.2, 0) is 10.0 Å². The molecule has 9 heteroatoms. The van der Waals surface area contributed by atoms with Gasteiger partial charge in [-0.1, -0.05) is 11.6 Å². The minimum atomic E-state index is -3.77. The van der Waals surface area contributed by atoms with Gasteiger partial charge in [0, 0.05) is 12.7 Å². The van der Waals surface area contributed by atoms with Gasteiger partial charge in [0.15, 0.2) is 0 Å². The van der Waals surface area contributed by atoms with E-state index in [2.05, 4.69) is 25.0 Å². The number of sulfonamides is 1. The highest BCUT2D eigenvalue weighted by Gasteiger charge is 2.17. The fraction of sp³-hybridized carbons (Fsp3) is 0.182. The molecule has 0 aliphatic carbocycles. The molecule has 20 heavy (non-hydrogen) atoms. The lowest BCUT2D eigenvalue weighted by Crippen LogP contribution is -2.14. The number of hydrogen-bond donors (Lipinski definition) is 2. The Morgan fingerprint density at radius 3 is 2.55 bits per heavy atom. The van der Waals surface area contributed by atoms with Crippen LogP contribution in [0.4, 0.5) is 11.5 Å². The monoisotopic (exact) mass is 313 g/mol. The Balaban J connectivity index is 2.28. The molecule has 2 rings (SSSR count). The molecule has 0 aliphatic rings. The molecule has 0 spiro atoms. The molecule has 2 N–H and O–H groups in total.